The van der Waals surface area contributed by atoms with Crippen molar-refractivity contribution < 1.29 is 4.74 Å². The monoisotopic (exact) mass is 283 g/mol. The Morgan fingerprint density at radius 2 is 1.80 bits per heavy atom. The van der Waals surface area contributed by atoms with Gasteiger partial charge in [-0.1, -0.05) is 25.7 Å². The Kier molecular flexibility index (Phi) is 7.97. The van der Waals surface area contributed by atoms with Crippen LogP contribution in [0.25, 0.3) is 0 Å². The lowest BCUT2D eigenvalue weighted by molar-refractivity contribution is 0.0487. The van der Waals surface area contributed by atoms with Crippen molar-refractivity contribution in [2.75, 3.05) is 19.7 Å². The zero-order valence-corrected chi connectivity index (χ0v) is 13.8. The third-order valence-corrected chi connectivity index (χ3v) is 3.35. The number of rotatable bonds is 5. The van der Waals surface area contributed by atoms with E-state index in [0.29, 0.717) is 6.10 Å². The Morgan fingerprint density at radius 1 is 1.15 bits per heavy atom. The van der Waals surface area contributed by atoms with E-state index in [-0.39, 0.29) is 5.54 Å². The third kappa shape index (κ3) is 8.41. The van der Waals surface area contributed by atoms with Gasteiger partial charge in [-0.15, -0.1) is 0 Å². The zero-order valence-electron chi connectivity index (χ0n) is 13.8. The minimum atomic E-state index is 0.0309. The van der Waals surface area contributed by atoms with Crippen LogP contribution in [0.1, 0.15) is 66.2 Å². The van der Waals surface area contributed by atoms with Crippen LogP contribution in [0.15, 0.2) is 4.99 Å². The maximum Gasteiger partial charge on any atom is 0.191 e. The van der Waals surface area contributed by atoms with Gasteiger partial charge in [-0.3, -0.25) is 4.99 Å². The molecule has 0 aliphatic heterocycles. The van der Waals surface area contributed by atoms with Crippen molar-refractivity contribution in [3.63, 3.8) is 0 Å². The van der Waals surface area contributed by atoms with Crippen LogP contribution in [-0.2, 0) is 4.74 Å². The Labute approximate surface area is 124 Å². The van der Waals surface area contributed by atoms with E-state index in [2.05, 4.69) is 43.3 Å². The molecule has 0 atom stereocenters. The molecule has 0 bridgehead atoms. The Bertz CT molecular complexity index is 276. The van der Waals surface area contributed by atoms with Gasteiger partial charge in [0.15, 0.2) is 5.96 Å². The van der Waals surface area contributed by atoms with Crippen molar-refractivity contribution in [3.05, 3.63) is 0 Å². The molecule has 4 heteroatoms. The molecule has 0 saturated heterocycles. The first-order valence-corrected chi connectivity index (χ1v) is 8.19. The molecule has 1 saturated carbocycles. The number of nitrogens with one attached hydrogen (secondary N) is 2. The SMILES string of the molecule is CCNC(=NCCOC1CCCCCC1)NC(C)(C)C. The summed E-state index contributed by atoms with van der Waals surface area (Å²) in [6.45, 7) is 10.8. The van der Waals surface area contributed by atoms with Crippen molar-refractivity contribution in [2.45, 2.75) is 77.9 Å². The van der Waals surface area contributed by atoms with Gasteiger partial charge in [0.05, 0.1) is 19.3 Å². The molecule has 20 heavy (non-hydrogen) atoms. The lowest BCUT2D eigenvalue weighted by Crippen LogP contribution is -2.47. The highest BCUT2D eigenvalue weighted by atomic mass is 16.5. The Morgan fingerprint density at radius 3 is 2.35 bits per heavy atom. The molecular formula is C16H33N3O. The van der Waals surface area contributed by atoms with E-state index in [0.717, 1.165) is 25.7 Å². The van der Waals surface area contributed by atoms with Crippen molar-refractivity contribution in [1.82, 2.24) is 10.6 Å². The minimum Gasteiger partial charge on any atom is -0.376 e. The molecule has 0 aromatic rings. The molecule has 0 heterocycles. The normalized spacial score (nSPS) is 18.7. The first-order valence-electron chi connectivity index (χ1n) is 8.19. The van der Waals surface area contributed by atoms with Crippen molar-refractivity contribution in [2.24, 2.45) is 4.99 Å². The second-order valence-corrected chi connectivity index (χ2v) is 6.62. The molecule has 2 N–H and O–H groups in total. The highest BCUT2D eigenvalue weighted by molar-refractivity contribution is 5.80. The molecule has 1 aliphatic carbocycles. The number of hydrogen-bond donors (Lipinski definition) is 2. The summed E-state index contributed by atoms with van der Waals surface area (Å²) in [6.07, 6.45) is 8.31. The van der Waals surface area contributed by atoms with Crippen LogP contribution < -0.4 is 10.6 Å². The molecule has 1 rings (SSSR count). The van der Waals surface area contributed by atoms with Gasteiger partial charge in [0.1, 0.15) is 0 Å². The maximum atomic E-state index is 5.96. The highest BCUT2D eigenvalue weighted by Gasteiger charge is 2.13. The third-order valence-electron chi connectivity index (χ3n) is 3.35. The summed E-state index contributed by atoms with van der Waals surface area (Å²) in [6, 6.07) is 0. The van der Waals surface area contributed by atoms with Gasteiger partial charge in [-0.05, 0) is 40.5 Å². The average molecular weight is 283 g/mol. The standard InChI is InChI=1S/C16H33N3O/c1-5-17-15(19-16(2,3)4)18-12-13-20-14-10-8-6-7-9-11-14/h14H,5-13H2,1-4H3,(H2,17,18,19). The van der Waals surface area contributed by atoms with Gasteiger partial charge in [0.25, 0.3) is 0 Å². The summed E-state index contributed by atoms with van der Waals surface area (Å²) in [5, 5.41) is 6.66. The molecular weight excluding hydrogens is 250 g/mol. The molecule has 0 amide bonds. The van der Waals surface area contributed by atoms with Crippen LogP contribution in [0, 0.1) is 0 Å². The fourth-order valence-corrected chi connectivity index (χ4v) is 2.45. The van der Waals surface area contributed by atoms with Crippen molar-refractivity contribution >= 4 is 5.96 Å². The predicted octanol–water partition coefficient (Wildman–Crippen LogP) is 3.08. The predicted molar refractivity (Wildman–Crippen MR) is 86.3 cm³/mol. The van der Waals surface area contributed by atoms with E-state index in [9.17, 15) is 0 Å². The topological polar surface area (TPSA) is 45.7 Å². The molecule has 0 aromatic heterocycles. The molecule has 4 nitrogen and oxygen atoms in total. The number of hydrogen-bond acceptors (Lipinski definition) is 2. The summed E-state index contributed by atoms with van der Waals surface area (Å²) in [4.78, 5) is 4.58. The number of nitrogens with zero attached hydrogens (tertiary/aromatic N) is 1. The Balaban J connectivity index is 2.28. The fourth-order valence-electron chi connectivity index (χ4n) is 2.45. The maximum absolute atomic E-state index is 5.96. The van der Waals surface area contributed by atoms with E-state index < -0.39 is 0 Å². The zero-order chi connectivity index (χ0) is 14.8. The summed E-state index contributed by atoms with van der Waals surface area (Å²) in [7, 11) is 0. The second-order valence-electron chi connectivity index (χ2n) is 6.62. The first-order chi connectivity index (χ1) is 9.51. The highest BCUT2D eigenvalue weighted by Crippen LogP contribution is 2.19. The largest absolute Gasteiger partial charge is 0.376 e. The van der Waals surface area contributed by atoms with Gasteiger partial charge < -0.3 is 15.4 Å². The molecule has 0 spiro atoms. The van der Waals surface area contributed by atoms with Crippen LogP contribution in [0.2, 0.25) is 0 Å². The molecule has 0 unspecified atom stereocenters. The summed E-state index contributed by atoms with van der Waals surface area (Å²) in [5.41, 5.74) is 0.0309. The van der Waals surface area contributed by atoms with Gasteiger partial charge in [-0.2, -0.15) is 0 Å². The molecule has 118 valence electrons. The molecule has 0 radical (unpaired) electrons. The quantitative estimate of drug-likeness (QED) is 0.353. The van der Waals surface area contributed by atoms with Crippen LogP contribution in [0.4, 0.5) is 0 Å². The summed E-state index contributed by atoms with van der Waals surface area (Å²) in [5.74, 6) is 0.879. The van der Waals surface area contributed by atoms with E-state index >= 15 is 0 Å². The van der Waals surface area contributed by atoms with E-state index in [1.807, 2.05) is 0 Å². The molecule has 0 aromatic carbocycles. The lowest BCUT2D eigenvalue weighted by atomic mass is 10.1. The molecule has 1 aliphatic rings. The van der Waals surface area contributed by atoms with Gasteiger partial charge in [0.2, 0.25) is 0 Å². The van der Waals surface area contributed by atoms with Crippen LogP contribution >= 0.6 is 0 Å². The van der Waals surface area contributed by atoms with Crippen molar-refractivity contribution in [3.8, 4) is 0 Å². The van der Waals surface area contributed by atoms with Gasteiger partial charge >= 0.3 is 0 Å². The second kappa shape index (κ2) is 9.22. The van der Waals surface area contributed by atoms with E-state index in [4.69, 9.17) is 4.74 Å². The number of guanidine groups is 1. The Hall–Kier alpha value is -0.770. The van der Waals surface area contributed by atoms with Gasteiger partial charge in [-0.25, -0.2) is 0 Å². The van der Waals surface area contributed by atoms with E-state index in [1.54, 1.807) is 0 Å². The van der Waals surface area contributed by atoms with Crippen LogP contribution in [0.5, 0.6) is 0 Å². The van der Waals surface area contributed by atoms with Gasteiger partial charge in [0, 0.05) is 12.1 Å². The fraction of sp³-hybridized carbons (Fsp3) is 0.938. The number of aliphatic imine (C=N–C) groups is 1. The van der Waals surface area contributed by atoms with Crippen LogP contribution in [0.3, 0.4) is 0 Å². The lowest BCUT2D eigenvalue weighted by Gasteiger charge is -2.23. The summed E-state index contributed by atoms with van der Waals surface area (Å²) < 4.78 is 5.96. The smallest absolute Gasteiger partial charge is 0.191 e. The minimum absolute atomic E-state index is 0.0309. The van der Waals surface area contributed by atoms with Crippen molar-refractivity contribution in [1.29, 1.82) is 0 Å². The summed E-state index contributed by atoms with van der Waals surface area (Å²) >= 11 is 0. The van der Waals surface area contributed by atoms with Crippen LogP contribution in [-0.4, -0.2) is 37.3 Å². The first kappa shape index (κ1) is 17.3. The average Bonchev–Trinajstić information content (AvgIpc) is 2.61. The molecule has 1 fully saturated rings. The number of ether oxygens (including phenoxy) is 1. The van der Waals surface area contributed by atoms with E-state index in [1.165, 1.54) is 38.5 Å².